The largest absolute Gasteiger partial charge is 0.324 e. The molecule has 2 nitrogen and oxygen atoms in total. The van der Waals surface area contributed by atoms with E-state index in [9.17, 15) is 0 Å². The number of benzene rings is 4. The minimum atomic E-state index is -0.433. The molecule has 1 aliphatic carbocycles. The molecule has 7 rings (SSSR count). The predicted molar refractivity (Wildman–Crippen MR) is 146 cm³/mol. The number of hydrogen-bond acceptors (Lipinski definition) is 1. The maximum Gasteiger partial charge on any atom is 0.0728 e. The lowest BCUT2D eigenvalue weighted by Crippen LogP contribution is -2.28. The van der Waals surface area contributed by atoms with E-state index in [1.165, 1.54) is 33.4 Å². The number of nitrogens with zero attached hydrogens (tertiary/aromatic N) is 2. The normalized spacial score (nSPS) is 13.2. The molecule has 0 spiro atoms. The molecule has 2 heteroatoms. The van der Waals surface area contributed by atoms with Crippen LogP contribution in [0.2, 0.25) is 0 Å². The number of pyridine rings is 1. The van der Waals surface area contributed by atoms with Gasteiger partial charge in [0.25, 0.3) is 0 Å². The Labute approximate surface area is 211 Å². The lowest BCUT2D eigenvalue weighted by molar-refractivity contribution is 0.767. The zero-order valence-corrected chi connectivity index (χ0v) is 19.8. The Balaban J connectivity index is 1.54. The highest BCUT2D eigenvalue weighted by Crippen LogP contribution is 2.56. The molecule has 0 aliphatic heterocycles. The summed E-state index contributed by atoms with van der Waals surface area (Å²) in [5.41, 5.74) is 10.5. The van der Waals surface area contributed by atoms with Crippen molar-refractivity contribution in [2.24, 2.45) is 0 Å². The first-order valence-electron chi connectivity index (χ1n) is 12.3. The molecule has 0 unspecified atom stereocenters. The molecule has 0 fully saturated rings. The molecule has 0 saturated heterocycles. The van der Waals surface area contributed by atoms with Crippen LogP contribution in [0.1, 0.15) is 22.3 Å². The third kappa shape index (κ3) is 3.01. The molecule has 4 aromatic carbocycles. The number of hydrogen-bond donors (Lipinski definition) is 0. The summed E-state index contributed by atoms with van der Waals surface area (Å²) in [7, 11) is 0. The number of aromatic nitrogens is 2. The van der Waals surface area contributed by atoms with E-state index in [-0.39, 0.29) is 0 Å². The number of rotatable bonds is 4. The smallest absolute Gasteiger partial charge is 0.0728 e. The zero-order chi connectivity index (χ0) is 24.0. The van der Waals surface area contributed by atoms with E-state index in [4.69, 9.17) is 0 Å². The van der Waals surface area contributed by atoms with E-state index >= 15 is 0 Å². The van der Waals surface area contributed by atoms with Crippen LogP contribution in [-0.2, 0) is 5.41 Å². The number of para-hydroxylation sites is 1. The van der Waals surface area contributed by atoms with Crippen LogP contribution in [0.25, 0.3) is 28.1 Å². The van der Waals surface area contributed by atoms with Gasteiger partial charge in [0, 0.05) is 29.8 Å². The van der Waals surface area contributed by atoms with Gasteiger partial charge in [0.05, 0.1) is 11.1 Å². The maximum absolute atomic E-state index is 4.64. The fraction of sp³-hybridized carbons (Fsp3) is 0.0294. The van der Waals surface area contributed by atoms with Gasteiger partial charge in [-0.2, -0.15) is 0 Å². The van der Waals surface area contributed by atoms with Gasteiger partial charge in [-0.1, -0.05) is 91.0 Å². The van der Waals surface area contributed by atoms with Crippen LogP contribution in [0.5, 0.6) is 0 Å². The average Bonchev–Trinajstić information content (AvgIpc) is 3.56. The molecule has 0 bridgehead atoms. The van der Waals surface area contributed by atoms with Gasteiger partial charge in [0.15, 0.2) is 0 Å². The molecule has 2 heterocycles. The van der Waals surface area contributed by atoms with Crippen molar-refractivity contribution < 1.29 is 0 Å². The van der Waals surface area contributed by atoms with Crippen molar-refractivity contribution in [2.75, 3.05) is 0 Å². The second kappa shape index (κ2) is 8.21. The monoisotopic (exact) mass is 460 g/mol. The first-order valence-corrected chi connectivity index (χ1v) is 12.3. The van der Waals surface area contributed by atoms with Crippen LogP contribution in [0.4, 0.5) is 0 Å². The van der Waals surface area contributed by atoms with Crippen LogP contribution in [0, 0.1) is 0 Å². The quantitative estimate of drug-likeness (QED) is 0.261. The highest BCUT2D eigenvalue weighted by molar-refractivity contribution is 5.86. The van der Waals surface area contributed by atoms with E-state index in [0.29, 0.717) is 0 Å². The van der Waals surface area contributed by atoms with Gasteiger partial charge in [-0.15, -0.1) is 0 Å². The Hall–Kier alpha value is -4.69. The molecule has 6 aromatic rings. The molecule has 0 saturated carbocycles. The summed E-state index contributed by atoms with van der Waals surface area (Å²) in [6, 6.07) is 45.5. The zero-order valence-electron chi connectivity index (χ0n) is 19.8. The molecule has 2 aromatic heterocycles. The molecular weight excluding hydrogens is 436 g/mol. The molecule has 0 atom stereocenters. The summed E-state index contributed by atoms with van der Waals surface area (Å²) in [4.78, 5) is 4.64. The summed E-state index contributed by atoms with van der Waals surface area (Å²) in [5, 5.41) is 0. The molecular formula is C34H24N2. The van der Waals surface area contributed by atoms with Crippen molar-refractivity contribution in [1.82, 2.24) is 9.55 Å². The van der Waals surface area contributed by atoms with Gasteiger partial charge < -0.3 is 4.57 Å². The Morgan fingerprint density at radius 3 is 1.97 bits per heavy atom. The van der Waals surface area contributed by atoms with Gasteiger partial charge in [-0.05, 0) is 69.8 Å². The maximum atomic E-state index is 4.64. The van der Waals surface area contributed by atoms with Crippen molar-refractivity contribution in [3.05, 3.63) is 168 Å². The predicted octanol–water partition coefficient (Wildman–Crippen LogP) is 7.90. The summed E-state index contributed by atoms with van der Waals surface area (Å²) in [5.74, 6) is 0. The Bertz CT molecular complexity index is 1630. The fourth-order valence-corrected chi connectivity index (χ4v) is 5.85. The molecule has 36 heavy (non-hydrogen) atoms. The van der Waals surface area contributed by atoms with Crippen LogP contribution >= 0.6 is 0 Å². The second-order valence-electron chi connectivity index (χ2n) is 9.28. The van der Waals surface area contributed by atoms with E-state index in [1.807, 2.05) is 18.3 Å². The molecule has 0 amide bonds. The average molecular weight is 461 g/mol. The van der Waals surface area contributed by atoms with Gasteiger partial charge in [-0.3, -0.25) is 4.98 Å². The number of fused-ring (bicyclic) bond motifs is 3. The first-order chi connectivity index (χ1) is 17.9. The standard InChI is InChI=1S/C34H24N2/c1-2-13-28(14-3-1)36-22-20-27(24-36)34(26-12-10-11-25(23-26)33-19-8-9-21-35-33)31-17-6-4-15-29(31)30-16-5-7-18-32(30)34/h1-24H. The van der Waals surface area contributed by atoms with Crippen LogP contribution in [0.3, 0.4) is 0 Å². The highest BCUT2D eigenvalue weighted by atomic mass is 14.9. The van der Waals surface area contributed by atoms with Crippen molar-refractivity contribution in [3.8, 4) is 28.1 Å². The van der Waals surface area contributed by atoms with Gasteiger partial charge in [0.2, 0.25) is 0 Å². The minimum Gasteiger partial charge on any atom is -0.324 e. The molecule has 0 N–H and O–H groups in total. The van der Waals surface area contributed by atoms with Crippen molar-refractivity contribution in [2.45, 2.75) is 5.41 Å². The van der Waals surface area contributed by atoms with Gasteiger partial charge in [0.1, 0.15) is 0 Å². The Morgan fingerprint density at radius 2 is 1.25 bits per heavy atom. The molecule has 170 valence electrons. The Morgan fingerprint density at radius 1 is 0.556 bits per heavy atom. The van der Waals surface area contributed by atoms with E-state index in [2.05, 4.69) is 137 Å². The fourth-order valence-electron chi connectivity index (χ4n) is 5.85. The third-order valence-electron chi connectivity index (χ3n) is 7.39. The Kier molecular flexibility index (Phi) is 4.71. The third-order valence-corrected chi connectivity index (χ3v) is 7.39. The van der Waals surface area contributed by atoms with Crippen molar-refractivity contribution >= 4 is 0 Å². The summed E-state index contributed by atoms with van der Waals surface area (Å²) in [6.07, 6.45) is 6.33. The van der Waals surface area contributed by atoms with Gasteiger partial charge in [-0.25, -0.2) is 0 Å². The summed E-state index contributed by atoms with van der Waals surface area (Å²) >= 11 is 0. The highest BCUT2D eigenvalue weighted by Gasteiger charge is 2.46. The van der Waals surface area contributed by atoms with Crippen molar-refractivity contribution in [3.63, 3.8) is 0 Å². The summed E-state index contributed by atoms with van der Waals surface area (Å²) < 4.78 is 2.23. The lowest BCUT2D eigenvalue weighted by Gasteiger charge is -2.33. The SMILES string of the molecule is c1ccc(-n2ccc(C3(c4cccc(-c5ccccn5)c4)c4ccccc4-c4ccccc43)c2)cc1. The van der Waals surface area contributed by atoms with Crippen LogP contribution in [-0.4, -0.2) is 9.55 Å². The van der Waals surface area contributed by atoms with E-state index in [1.54, 1.807) is 0 Å². The minimum absolute atomic E-state index is 0.433. The molecule has 0 radical (unpaired) electrons. The van der Waals surface area contributed by atoms with Crippen LogP contribution < -0.4 is 0 Å². The van der Waals surface area contributed by atoms with E-state index < -0.39 is 5.41 Å². The summed E-state index contributed by atoms with van der Waals surface area (Å²) in [6.45, 7) is 0. The van der Waals surface area contributed by atoms with E-state index in [0.717, 1.165) is 16.9 Å². The molecule has 1 aliphatic rings. The van der Waals surface area contributed by atoms with Gasteiger partial charge >= 0.3 is 0 Å². The topological polar surface area (TPSA) is 17.8 Å². The second-order valence-corrected chi connectivity index (χ2v) is 9.28. The first kappa shape index (κ1) is 20.7. The lowest BCUT2D eigenvalue weighted by atomic mass is 9.68. The van der Waals surface area contributed by atoms with Crippen molar-refractivity contribution in [1.29, 1.82) is 0 Å². The van der Waals surface area contributed by atoms with Crippen LogP contribution in [0.15, 0.2) is 146 Å².